The second kappa shape index (κ2) is 23.0. The molecule has 0 saturated carbocycles. The lowest BCUT2D eigenvalue weighted by molar-refractivity contribution is -0.0330. The first kappa shape index (κ1) is 42.6. The van der Waals surface area contributed by atoms with Crippen molar-refractivity contribution in [2.24, 2.45) is 11.8 Å². The highest BCUT2D eigenvalue weighted by Gasteiger charge is 2.39. The zero-order valence-corrected chi connectivity index (χ0v) is 29.0. The van der Waals surface area contributed by atoms with Crippen LogP contribution in [-0.2, 0) is 14.2 Å². The Balaban J connectivity index is 6.82. The van der Waals surface area contributed by atoms with E-state index in [9.17, 15) is 34.8 Å². The van der Waals surface area contributed by atoms with Gasteiger partial charge < -0.3 is 39.5 Å². The summed E-state index contributed by atoms with van der Waals surface area (Å²) in [5, 5.41) is 41.1. The van der Waals surface area contributed by atoms with Gasteiger partial charge in [-0.15, -0.1) is 0 Å². The van der Waals surface area contributed by atoms with Gasteiger partial charge >= 0.3 is 18.3 Å². The predicted octanol–water partition coefficient (Wildman–Crippen LogP) is 4.24. The number of hydrogen-bond donors (Lipinski definition) is 5. The number of amides is 3. The largest absolute Gasteiger partial charge is 0.447 e. The van der Waals surface area contributed by atoms with Crippen molar-refractivity contribution in [1.29, 1.82) is 0 Å². The summed E-state index contributed by atoms with van der Waals surface area (Å²) in [5.41, 5.74) is -1.94. The number of unbranched alkanes of at least 4 members (excludes halogenated alkanes) is 2. The van der Waals surface area contributed by atoms with E-state index in [2.05, 4.69) is 19.2 Å². The third-order valence-corrected chi connectivity index (χ3v) is 7.99. The summed E-state index contributed by atoms with van der Waals surface area (Å²) in [6, 6.07) is -1.68. The van der Waals surface area contributed by atoms with Crippen molar-refractivity contribution in [2.75, 3.05) is 39.5 Å². The van der Waals surface area contributed by atoms with Crippen molar-refractivity contribution in [2.45, 2.75) is 137 Å². The van der Waals surface area contributed by atoms with Gasteiger partial charge in [-0.1, -0.05) is 66.2 Å². The minimum Gasteiger partial charge on any atom is -0.447 e. The normalized spacial score (nSPS) is 16.7. The van der Waals surface area contributed by atoms with Gasteiger partial charge in [0.1, 0.15) is 19.3 Å². The number of nitrogens with zero attached hydrogens (tertiary/aromatic N) is 2. The van der Waals surface area contributed by atoms with Crippen LogP contribution in [0.1, 0.15) is 107 Å². The summed E-state index contributed by atoms with van der Waals surface area (Å²) in [4.78, 5) is 43.0. The number of rotatable bonds is 23. The van der Waals surface area contributed by atoms with Crippen LogP contribution in [0.3, 0.4) is 0 Å². The third-order valence-electron chi connectivity index (χ3n) is 7.99. The standard InChI is InChI=1S/C32H63N3O10/c1-9-13-15-26(11-3)17-34(30(40)44-20-23(5)38)25(7)28(21-43-29(39)33-32(8,42)22-37)35(31(41)45-24(6)19-36)18-27(12-4)16-14-10-2/h23-28,36-38,42H,9-22H2,1-8H3,(H,33,39). The summed E-state index contributed by atoms with van der Waals surface area (Å²) in [6.07, 6.45) is 3.00. The van der Waals surface area contributed by atoms with Crippen LogP contribution >= 0.6 is 0 Å². The average molecular weight is 650 g/mol. The van der Waals surface area contributed by atoms with E-state index in [4.69, 9.17) is 14.2 Å². The lowest BCUT2D eigenvalue weighted by atomic mass is 9.95. The molecule has 0 saturated heterocycles. The minimum absolute atomic E-state index is 0.0733. The summed E-state index contributed by atoms with van der Waals surface area (Å²) < 4.78 is 16.5. The van der Waals surface area contributed by atoms with Crippen LogP contribution in [0, 0.1) is 11.8 Å². The molecular formula is C32H63N3O10. The highest BCUT2D eigenvalue weighted by Crippen LogP contribution is 2.24. The van der Waals surface area contributed by atoms with Gasteiger partial charge in [0, 0.05) is 13.1 Å². The Kier molecular flexibility index (Phi) is 21.8. The molecule has 0 aromatic rings. The molecule has 0 aliphatic heterocycles. The second-order valence-electron chi connectivity index (χ2n) is 12.4. The van der Waals surface area contributed by atoms with Gasteiger partial charge in [-0.25, -0.2) is 14.4 Å². The first-order valence-electron chi connectivity index (χ1n) is 16.7. The molecule has 0 aliphatic rings. The van der Waals surface area contributed by atoms with Crippen LogP contribution in [0.25, 0.3) is 0 Å². The Morgan fingerprint density at radius 3 is 1.80 bits per heavy atom. The summed E-state index contributed by atoms with van der Waals surface area (Å²) >= 11 is 0. The molecule has 0 rings (SSSR count). The molecule has 13 heteroatoms. The van der Waals surface area contributed by atoms with Gasteiger partial charge in [0.2, 0.25) is 0 Å². The highest BCUT2D eigenvalue weighted by molar-refractivity contribution is 5.71. The SMILES string of the molecule is CCCCC(CC)CN(C(=O)OCC(C)O)C(C)C(COC(=O)NC(C)(O)CO)N(CC(CC)CCCC)C(=O)OC(C)CO. The number of hydrogen-bond acceptors (Lipinski definition) is 10. The number of ether oxygens (including phenoxy) is 3. The van der Waals surface area contributed by atoms with E-state index in [1.54, 1.807) is 13.8 Å². The van der Waals surface area contributed by atoms with Crippen LogP contribution in [0.2, 0.25) is 0 Å². The topological polar surface area (TPSA) is 178 Å². The molecule has 0 radical (unpaired) electrons. The van der Waals surface area contributed by atoms with E-state index in [1.165, 1.54) is 23.6 Å². The third kappa shape index (κ3) is 17.2. The van der Waals surface area contributed by atoms with Crippen LogP contribution in [0.4, 0.5) is 14.4 Å². The number of alkyl carbamates (subject to hydrolysis) is 1. The average Bonchev–Trinajstić information content (AvgIpc) is 3.00. The minimum atomic E-state index is -1.94. The predicted molar refractivity (Wildman–Crippen MR) is 172 cm³/mol. The molecule has 7 unspecified atom stereocenters. The fourth-order valence-electron chi connectivity index (χ4n) is 4.85. The molecule has 0 aromatic carbocycles. The lowest BCUT2D eigenvalue weighted by Gasteiger charge is -2.42. The molecule has 3 amide bonds. The molecule has 266 valence electrons. The van der Waals surface area contributed by atoms with Crippen LogP contribution in [0.5, 0.6) is 0 Å². The van der Waals surface area contributed by atoms with Crippen molar-refractivity contribution in [1.82, 2.24) is 15.1 Å². The molecule has 0 aliphatic carbocycles. The Labute approximate surface area is 270 Å². The maximum atomic E-state index is 13.7. The number of aliphatic hydroxyl groups is 4. The second-order valence-corrected chi connectivity index (χ2v) is 12.4. The van der Waals surface area contributed by atoms with Gasteiger partial charge in [0.25, 0.3) is 0 Å². The van der Waals surface area contributed by atoms with Crippen molar-refractivity contribution < 1.29 is 49.0 Å². The Bertz CT molecular complexity index is 829. The quantitative estimate of drug-likeness (QED) is 0.0794. The van der Waals surface area contributed by atoms with Crippen LogP contribution in [-0.4, -0.2) is 118 Å². The molecule has 0 heterocycles. The first-order valence-corrected chi connectivity index (χ1v) is 16.7. The fourth-order valence-corrected chi connectivity index (χ4v) is 4.85. The van der Waals surface area contributed by atoms with Crippen LogP contribution < -0.4 is 5.32 Å². The van der Waals surface area contributed by atoms with E-state index in [0.29, 0.717) is 6.54 Å². The summed E-state index contributed by atoms with van der Waals surface area (Å²) in [5.74, 6) is 0.197. The number of carbonyl (C=O) groups excluding carboxylic acids is 3. The summed E-state index contributed by atoms with van der Waals surface area (Å²) in [6.45, 7) is 13.1. The zero-order chi connectivity index (χ0) is 34.6. The molecule has 7 atom stereocenters. The molecule has 0 bridgehead atoms. The maximum Gasteiger partial charge on any atom is 0.410 e. The van der Waals surface area contributed by atoms with Crippen molar-refractivity contribution in [3.63, 3.8) is 0 Å². The van der Waals surface area contributed by atoms with E-state index in [-0.39, 0.29) is 31.6 Å². The fraction of sp³-hybridized carbons (Fsp3) is 0.906. The number of carbonyl (C=O) groups is 3. The molecule has 0 spiro atoms. The molecule has 45 heavy (non-hydrogen) atoms. The van der Waals surface area contributed by atoms with E-state index in [1.807, 2.05) is 13.8 Å². The van der Waals surface area contributed by atoms with Gasteiger partial charge in [-0.05, 0) is 52.4 Å². The van der Waals surface area contributed by atoms with Crippen molar-refractivity contribution in [3.8, 4) is 0 Å². The van der Waals surface area contributed by atoms with Gasteiger partial charge in [-0.3, -0.25) is 10.2 Å². The molecule has 13 nitrogen and oxygen atoms in total. The monoisotopic (exact) mass is 649 g/mol. The number of nitrogens with one attached hydrogen (secondary N) is 1. The Morgan fingerprint density at radius 1 is 0.822 bits per heavy atom. The smallest absolute Gasteiger partial charge is 0.410 e. The molecule has 0 fully saturated rings. The zero-order valence-electron chi connectivity index (χ0n) is 29.0. The van der Waals surface area contributed by atoms with Crippen molar-refractivity contribution in [3.05, 3.63) is 0 Å². The lowest BCUT2D eigenvalue weighted by Crippen LogP contribution is -2.59. The van der Waals surface area contributed by atoms with E-state index < -0.39 is 61.5 Å². The Morgan fingerprint density at radius 2 is 1.36 bits per heavy atom. The summed E-state index contributed by atoms with van der Waals surface area (Å²) in [7, 11) is 0. The van der Waals surface area contributed by atoms with Gasteiger partial charge in [0.05, 0.1) is 31.4 Å². The Hall–Kier alpha value is -2.35. The molecule has 0 aromatic heterocycles. The van der Waals surface area contributed by atoms with Crippen molar-refractivity contribution >= 4 is 18.3 Å². The van der Waals surface area contributed by atoms with E-state index >= 15 is 0 Å². The van der Waals surface area contributed by atoms with E-state index in [0.717, 1.165) is 51.4 Å². The first-order chi connectivity index (χ1) is 21.2. The molecule has 5 N–H and O–H groups in total. The molecular weight excluding hydrogens is 586 g/mol. The van der Waals surface area contributed by atoms with Gasteiger partial charge in [0.15, 0.2) is 5.72 Å². The highest BCUT2D eigenvalue weighted by atomic mass is 16.6. The number of aliphatic hydroxyl groups excluding tert-OH is 3. The van der Waals surface area contributed by atoms with Crippen LogP contribution in [0.15, 0.2) is 0 Å². The maximum absolute atomic E-state index is 13.7. The van der Waals surface area contributed by atoms with Gasteiger partial charge in [-0.2, -0.15) is 0 Å².